The van der Waals surface area contributed by atoms with Crippen LogP contribution >= 0.6 is 0 Å². The number of anilines is 1. The van der Waals surface area contributed by atoms with E-state index in [0.717, 1.165) is 18.2 Å². The number of pyridine rings is 1. The van der Waals surface area contributed by atoms with Crippen molar-refractivity contribution in [2.45, 2.75) is 18.6 Å². The van der Waals surface area contributed by atoms with Crippen LogP contribution in [0.1, 0.15) is 28.4 Å². The molecule has 1 aliphatic rings. The number of carboxylic acid groups (broad SMARTS) is 1. The maximum absolute atomic E-state index is 14.2. The van der Waals surface area contributed by atoms with Gasteiger partial charge in [-0.1, -0.05) is 0 Å². The number of rotatable bonds is 3. The van der Waals surface area contributed by atoms with Crippen molar-refractivity contribution in [3.8, 4) is 0 Å². The number of aliphatic hydroxyl groups excluding tert-OH is 1. The standard InChI is InChI=1S/C18H15F2N3O3/c19-10-1-2-15(20)13(5-10)16-7-12(24)9-22(16)11-3-4-23-17(6-11)14(8-21-23)18(25)26/h1-6,8,12,16,24H,7,9H2,(H,25,26). The Labute approximate surface area is 146 Å². The second-order valence-corrected chi connectivity index (χ2v) is 6.30. The van der Waals surface area contributed by atoms with Crippen LogP contribution in [0, 0.1) is 11.6 Å². The van der Waals surface area contributed by atoms with Gasteiger partial charge >= 0.3 is 5.97 Å². The molecule has 2 unspecified atom stereocenters. The first-order valence-corrected chi connectivity index (χ1v) is 8.04. The third-order valence-electron chi connectivity index (χ3n) is 4.66. The van der Waals surface area contributed by atoms with E-state index in [-0.39, 0.29) is 24.1 Å². The highest BCUT2D eigenvalue weighted by molar-refractivity contribution is 5.95. The van der Waals surface area contributed by atoms with Crippen molar-refractivity contribution in [3.05, 3.63) is 65.5 Å². The maximum Gasteiger partial charge on any atom is 0.339 e. The molecule has 1 aromatic carbocycles. The quantitative estimate of drug-likeness (QED) is 0.752. The number of benzene rings is 1. The molecule has 134 valence electrons. The summed E-state index contributed by atoms with van der Waals surface area (Å²) in [6, 6.07) is 6.01. The third kappa shape index (κ3) is 2.68. The molecule has 26 heavy (non-hydrogen) atoms. The number of fused-ring (bicyclic) bond motifs is 1. The fourth-order valence-corrected chi connectivity index (χ4v) is 3.48. The SMILES string of the molecule is O=C(O)c1cnn2ccc(N3CC(O)CC3c3cc(F)ccc3F)cc12. The minimum Gasteiger partial charge on any atom is -0.478 e. The molecule has 4 rings (SSSR count). The van der Waals surface area contributed by atoms with E-state index in [9.17, 15) is 23.8 Å². The molecule has 0 radical (unpaired) electrons. The monoisotopic (exact) mass is 359 g/mol. The minimum atomic E-state index is -1.11. The van der Waals surface area contributed by atoms with E-state index in [1.807, 2.05) is 0 Å². The van der Waals surface area contributed by atoms with Crippen molar-refractivity contribution in [3.63, 3.8) is 0 Å². The van der Waals surface area contributed by atoms with Crippen LogP contribution in [-0.4, -0.2) is 38.4 Å². The van der Waals surface area contributed by atoms with Gasteiger partial charge in [0.2, 0.25) is 0 Å². The number of aromatic carboxylic acids is 1. The first-order chi connectivity index (χ1) is 12.4. The van der Waals surface area contributed by atoms with E-state index in [0.29, 0.717) is 11.2 Å². The van der Waals surface area contributed by atoms with Crippen LogP contribution in [0.3, 0.4) is 0 Å². The molecule has 3 heterocycles. The van der Waals surface area contributed by atoms with Crippen molar-refractivity contribution >= 4 is 17.2 Å². The highest BCUT2D eigenvalue weighted by Gasteiger charge is 2.34. The molecule has 1 fully saturated rings. The van der Waals surface area contributed by atoms with E-state index < -0.39 is 29.7 Å². The van der Waals surface area contributed by atoms with Crippen molar-refractivity contribution in [2.24, 2.45) is 0 Å². The van der Waals surface area contributed by atoms with Gasteiger partial charge in [-0.05, 0) is 36.8 Å². The van der Waals surface area contributed by atoms with E-state index in [1.165, 1.54) is 10.7 Å². The summed E-state index contributed by atoms with van der Waals surface area (Å²) in [7, 11) is 0. The lowest BCUT2D eigenvalue weighted by Crippen LogP contribution is -2.25. The fraction of sp³-hybridized carbons (Fsp3) is 0.222. The zero-order chi connectivity index (χ0) is 18.4. The molecule has 8 heteroatoms. The molecule has 0 saturated carbocycles. The summed E-state index contributed by atoms with van der Waals surface area (Å²) in [6.07, 6.45) is 2.39. The van der Waals surface area contributed by atoms with Gasteiger partial charge < -0.3 is 15.1 Å². The second-order valence-electron chi connectivity index (χ2n) is 6.30. The van der Waals surface area contributed by atoms with Crippen LogP contribution in [0.25, 0.3) is 5.52 Å². The van der Waals surface area contributed by atoms with Crippen LogP contribution in [0.5, 0.6) is 0 Å². The van der Waals surface area contributed by atoms with E-state index in [1.54, 1.807) is 23.2 Å². The number of hydrogen-bond acceptors (Lipinski definition) is 4. The Morgan fingerprint density at radius 3 is 2.81 bits per heavy atom. The first-order valence-electron chi connectivity index (χ1n) is 8.04. The fourth-order valence-electron chi connectivity index (χ4n) is 3.48. The topological polar surface area (TPSA) is 78.1 Å². The van der Waals surface area contributed by atoms with Crippen molar-refractivity contribution in [1.29, 1.82) is 0 Å². The predicted octanol–water partition coefficient (Wildman–Crippen LogP) is 2.62. The molecule has 2 aromatic heterocycles. The normalized spacial score (nSPS) is 20.0. The Kier molecular flexibility index (Phi) is 3.84. The number of aliphatic hydroxyl groups is 1. The third-order valence-corrected chi connectivity index (χ3v) is 4.66. The summed E-state index contributed by atoms with van der Waals surface area (Å²) in [5.74, 6) is -2.21. The Balaban J connectivity index is 1.80. The Hall–Kier alpha value is -3.00. The van der Waals surface area contributed by atoms with Crippen molar-refractivity contribution < 1.29 is 23.8 Å². The number of hydrogen-bond donors (Lipinski definition) is 2. The lowest BCUT2D eigenvalue weighted by Gasteiger charge is -2.27. The number of aromatic nitrogens is 2. The van der Waals surface area contributed by atoms with Gasteiger partial charge in [0.15, 0.2) is 0 Å². The van der Waals surface area contributed by atoms with Crippen molar-refractivity contribution in [2.75, 3.05) is 11.4 Å². The van der Waals surface area contributed by atoms with Gasteiger partial charge in [-0.25, -0.2) is 18.1 Å². The average molecular weight is 359 g/mol. The lowest BCUT2D eigenvalue weighted by molar-refractivity contribution is 0.0699. The van der Waals surface area contributed by atoms with Crippen molar-refractivity contribution in [1.82, 2.24) is 9.61 Å². The molecule has 0 bridgehead atoms. The van der Waals surface area contributed by atoms with Gasteiger partial charge in [-0.15, -0.1) is 0 Å². The average Bonchev–Trinajstić information content (AvgIpc) is 3.19. The predicted molar refractivity (Wildman–Crippen MR) is 89.2 cm³/mol. The molecule has 1 saturated heterocycles. The highest BCUT2D eigenvalue weighted by Crippen LogP contribution is 2.38. The van der Waals surface area contributed by atoms with Crippen LogP contribution < -0.4 is 4.90 Å². The molecule has 0 spiro atoms. The number of β-amino-alcohol motifs (C(OH)–C–C–N with tert-alkyl or cyclic N) is 1. The van der Waals surface area contributed by atoms with Gasteiger partial charge in [-0.2, -0.15) is 5.10 Å². The van der Waals surface area contributed by atoms with Gasteiger partial charge in [0.05, 0.1) is 23.9 Å². The van der Waals surface area contributed by atoms with Gasteiger partial charge in [0, 0.05) is 24.0 Å². The zero-order valence-electron chi connectivity index (χ0n) is 13.5. The summed E-state index contributed by atoms with van der Waals surface area (Å²) in [5, 5.41) is 23.4. The van der Waals surface area contributed by atoms with Crippen LogP contribution in [0.15, 0.2) is 42.7 Å². The van der Waals surface area contributed by atoms with E-state index in [4.69, 9.17) is 0 Å². The largest absolute Gasteiger partial charge is 0.478 e. The smallest absolute Gasteiger partial charge is 0.339 e. The number of halogens is 2. The van der Waals surface area contributed by atoms with E-state index >= 15 is 0 Å². The lowest BCUT2D eigenvalue weighted by atomic mass is 10.0. The highest BCUT2D eigenvalue weighted by atomic mass is 19.1. The summed E-state index contributed by atoms with van der Waals surface area (Å²) < 4.78 is 29.3. The maximum atomic E-state index is 14.2. The Bertz CT molecular complexity index is 1000. The molecule has 2 N–H and O–H groups in total. The summed E-state index contributed by atoms with van der Waals surface area (Å²) in [4.78, 5) is 13.1. The van der Waals surface area contributed by atoms with Gasteiger partial charge in [0.25, 0.3) is 0 Å². The number of carboxylic acids is 1. The molecule has 3 aromatic rings. The zero-order valence-corrected chi connectivity index (χ0v) is 13.5. The molecular weight excluding hydrogens is 344 g/mol. The van der Waals surface area contributed by atoms with Gasteiger partial charge in [0.1, 0.15) is 17.2 Å². The number of carbonyl (C=O) groups is 1. The van der Waals surface area contributed by atoms with Crippen LogP contribution in [0.4, 0.5) is 14.5 Å². The number of nitrogens with zero attached hydrogens (tertiary/aromatic N) is 3. The van der Waals surface area contributed by atoms with Crippen LogP contribution in [0.2, 0.25) is 0 Å². The van der Waals surface area contributed by atoms with Gasteiger partial charge in [-0.3, -0.25) is 0 Å². The summed E-state index contributed by atoms with van der Waals surface area (Å²) in [6.45, 7) is 0.229. The molecular formula is C18H15F2N3O3. The van der Waals surface area contributed by atoms with Crippen LogP contribution in [-0.2, 0) is 0 Å². The Morgan fingerprint density at radius 2 is 2.04 bits per heavy atom. The molecule has 2 atom stereocenters. The first kappa shape index (κ1) is 16.5. The van der Waals surface area contributed by atoms with E-state index in [2.05, 4.69) is 5.10 Å². The Morgan fingerprint density at radius 1 is 1.23 bits per heavy atom. The summed E-state index contributed by atoms with van der Waals surface area (Å²) in [5.41, 5.74) is 1.19. The molecule has 0 aliphatic carbocycles. The second kappa shape index (κ2) is 6.06. The summed E-state index contributed by atoms with van der Waals surface area (Å²) >= 11 is 0. The minimum absolute atomic E-state index is 0.0417. The molecule has 6 nitrogen and oxygen atoms in total. The molecule has 0 amide bonds. The molecule has 1 aliphatic heterocycles.